The molecule has 6 N–H and O–H groups in total. The van der Waals surface area contributed by atoms with Crippen molar-refractivity contribution in [3.05, 3.63) is 0 Å². The molecule has 0 unspecified atom stereocenters. The highest BCUT2D eigenvalue weighted by atomic mass is 32.2. The molecule has 0 aliphatic rings. The predicted molar refractivity (Wildman–Crippen MR) is 99.6 cm³/mol. The van der Waals surface area contributed by atoms with Crippen LogP contribution in [0.3, 0.4) is 0 Å². The third-order valence-corrected chi connectivity index (χ3v) is 4.49. The van der Waals surface area contributed by atoms with E-state index < -0.39 is 31.7 Å². The van der Waals surface area contributed by atoms with Crippen LogP contribution in [0.5, 0.6) is 0 Å². The Labute approximate surface area is 166 Å². The number of nitrogens with one attached hydrogen (secondary N) is 4. The van der Waals surface area contributed by atoms with Crippen molar-refractivity contribution in [3.8, 4) is 0 Å². The Hall–Kier alpha value is -1.38. The molecule has 1 aromatic rings. The molecule has 18 heteroatoms. The van der Waals surface area contributed by atoms with Crippen molar-refractivity contribution in [2.75, 3.05) is 55.7 Å². The lowest BCUT2D eigenvalue weighted by atomic mass is 10.7. The lowest BCUT2D eigenvalue weighted by Gasteiger charge is -2.09. The van der Waals surface area contributed by atoms with Crippen LogP contribution in [0.2, 0.25) is 0 Å². The molecule has 0 saturated heterocycles. The summed E-state index contributed by atoms with van der Waals surface area (Å²) >= 11 is 0.715. The van der Waals surface area contributed by atoms with Gasteiger partial charge in [-0.25, -0.2) is 4.28 Å². The summed E-state index contributed by atoms with van der Waals surface area (Å²) in [6, 6.07) is 0. The molecule has 0 aliphatic carbocycles. The van der Waals surface area contributed by atoms with Gasteiger partial charge in [0.1, 0.15) is 0 Å². The normalized spacial score (nSPS) is 12.1. The predicted octanol–water partition coefficient (Wildman–Crippen LogP) is -1.85. The number of ether oxygens (including phenoxy) is 1. The van der Waals surface area contributed by atoms with Gasteiger partial charge in [0.2, 0.25) is 17.1 Å². The van der Waals surface area contributed by atoms with Gasteiger partial charge in [0.05, 0.1) is 36.9 Å². The maximum atomic E-state index is 10.8. The molecule has 0 aliphatic heterocycles. The second kappa shape index (κ2) is 12.2. The highest BCUT2D eigenvalue weighted by Crippen LogP contribution is 2.16. The quantitative estimate of drug-likeness (QED) is 0.0553. The molecule has 1 rings (SSSR count). The SMILES string of the molecule is COCNCNOSc1nc(NCCS(=O)(=O)O)nc(NCCS(=O)(=O)O)n1. The average Bonchev–Trinajstić information content (AvgIpc) is 2.55. The lowest BCUT2D eigenvalue weighted by molar-refractivity contribution is 0.148. The van der Waals surface area contributed by atoms with Gasteiger partial charge in [-0.15, -0.1) is 0 Å². The third-order valence-electron chi connectivity index (χ3n) is 2.52. The molecule has 15 nitrogen and oxygen atoms in total. The van der Waals surface area contributed by atoms with Gasteiger partial charge in [-0.2, -0.15) is 37.3 Å². The van der Waals surface area contributed by atoms with Crippen molar-refractivity contribution < 1.29 is 35.0 Å². The summed E-state index contributed by atoms with van der Waals surface area (Å²) in [7, 11) is -6.83. The summed E-state index contributed by atoms with van der Waals surface area (Å²) in [5, 5.41) is 8.03. The standard InChI is InChI=1S/C10H21N7O8S3/c1-24-7-11-6-14-25-26-10-16-8(12-2-4-27(18,19)20)15-9(17-10)13-3-5-28(21,22)23/h11,14H,2-7H2,1H3,(H,18,19,20)(H,21,22,23)(H2,12,13,15,16,17). The lowest BCUT2D eigenvalue weighted by Crippen LogP contribution is -2.29. The maximum Gasteiger partial charge on any atom is 0.266 e. The molecule has 0 atom stereocenters. The van der Waals surface area contributed by atoms with Crippen LogP contribution in [0.25, 0.3) is 0 Å². The summed E-state index contributed by atoms with van der Waals surface area (Å²) in [6.45, 7) is 0.191. The van der Waals surface area contributed by atoms with Gasteiger partial charge >= 0.3 is 0 Å². The Morgan fingerprint density at radius 3 is 1.96 bits per heavy atom. The first-order valence-corrected chi connectivity index (χ1v) is 11.5. The first-order valence-electron chi connectivity index (χ1n) is 7.49. The molecule has 0 saturated carbocycles. The molecule has 28 heavy (non-hydrogen) atoms. The second-order valence-electron chi connectivity index (χ2n) is 4.86. The molecular weight excluding hydrogens is 442 g/mol. The van der Waals surface area contributed by atoms with Crippen LogP contribution >= 0.6 is 12.0 Å². The first-order chi connectivity index (χ1) is 13.1. The molecule has 0 spiro atoms. The third kappa shape index (κ3) is 12.9. The molecule has 1 aromatic heterocycles. The van der Waals surface area contributed by atoms with E-state index in [1.807, 2.05) is 0 Å². The monoisotopic (exact) mass is 463 g/mol. The number of aromatic nitrogens is 3. The van der Waals surface area contributed by atoms with E-state index in [2.05, 4.69) is 36.4 Å². The van der Waals surface area contributed by atoms with E-state index in [1.54, 1.807) is 0 Å². The van der Waals surface area contributed by atoms with Crippen LogP contribution in [0.15, 0.2) is 5.16 Å². The van der Waals surface area contributed by atoms with E-state index in [-0.39, 0.29) is 36.8 Å². The highest BCUT2D eigenvalue weighted by molar-refractivity contribution is 7.94. The number of anilines is 2. The molecule has 0 aromatic carbocycles. The minimum absolute atomic E-state index is 0.0448. The zero-order valence-corrected chi connectivity index (χ0v) is 17.1. The largest absolute Gasteiger partial charge is 0.370 e. The fourth-order valence-corrected chi connectivity index (χ4v) is 2.60. The number of hydroxylamine groups is 1. The van der Waals surface area contributed by atoms with E-state index >= 15 is 0 Å². The van der Waals surface area contributed by atoms with Crippen LogP contribution in [0.1, 0.15) is 0 Å². The van der Waals surface area contributed by atoms with Crippen LogP contribution in [0.4, 0.5) is 11.9 Å². The summed E-state index contributed by atoms with van der Waals surface area (Å²) < 4.78 is 70.4. The molecule has 1 heterocycles. The fraction of sp³-hybridized carbons (Fsp3) is 0.700. The summed E-state index contributed by atoms with van der Waals surface area (Å²) in [5.41, 5.74) is 2.54. The number of rotatable bonds is 15. The van der Waals surface area contributed by atoms with Gasteiger partial charge in [-0.3, -0.25) is 14.4 Å². The van der Waals surface area contributed by atoms with Crippen molar-refractivity contribution in [2.45, 2.75) is 5.16 Å². The smallest absolute Gasteiger partial charge is 0.266 e. The van der Waals surface area contributed by atoms with Crippen LogP contribution in [-0.4, -0.2) is 86.0 Å². The van der Waals surface area contributed by atoms with Gasteiger partial charge in [-0.1, -0.05) is 0 Å². The summed E-state index contributed by atoms with van der Waals surface area (Å²) in [6.07, 6.45) is 0. The average molecular weight is 464 g/mol. The zero-order valence-electron chi connectivity index (χ0n) is 14.7. The molecular formula is C10H21N7O8S3. The van der Waals surface area contributed by atoms with Crippen molar-refractivity contribution in [1.29, 1.82) is 0 Å². The Kier molecular flexibility index (Phi) is 10.8. The Morgan fingerprint density at radius 1 is 0.964 bits per heavy atom. The first kappa shape index (κ1) is 24.7. The number of nitrogens with zero attached hydrogens (tertiary/aromatic N) is 3. The van der Waals surface area contributed by atoms with Gasteiger partial charge in [0, 0.05) is 20.2 Å². The Balaban J connectivity index is 2.69. The zero-order chi connectivity index (χ0) is 21.0. The van der Waals surface area contributed by atoms with E-state index in [0.29, 0.717) is 18.8 Å². The van der Waals surface area contributed by atoms with Gasteiger partial charge in [0.25, 0.3) is 20.2 Å². The van der Waals surface area contributed by atoms with Gasteiger partial charge < -0.3 is 15.4 Å². The molecule has 0 amide bonds. The number of hydrogen-bond acceptors (Lipinski definition) is 14. The van der Waals surface area contributed by atoms with Crippen molar-refractivity contribution in [1.82, 2.24) is 25.7 Å². The Bertz CT molecular complexity index is 751. The number of methoxy groups -OCH3 is 1. The minimum Gasteiger partial charge on any atom is -0.370 e. The van der Waals surface area contributed by atoms with Crippen molar-refractivity contribution >= 4 is 44.2 Å². The molecule has 0 radical (unpaired) electrons. The maximum absolute atomic E-state index is 10.8. The second-order valence-corrected chi connectivity index (χ2v) is 8.70. The molecule has 0 bridgehead atoms. The highest BCUT2D eigenvalue weighted by Gasteiger charge is 2.11. The van der Waals surface area contributed by atoms with Crippen molar-refractivity contribution in [2.24, 2.45) is 0 Å². The Morgan fingerprint density at radius 2 is 1.50 bits per heavy atom. The molecule has 0 fully saturated rings. The van der Waals surface area contributed by atoms with E-state index in [4.69, 9.17) is 18.1 Å². The van der Waals surface area contributed by atoms with E-state index in [9.17, 15) is 16.8 Å². The number of hydrogen-bond donors (Lipinski definition) is 6. The van der Waals surface area contributed by atoms with Gasteiger partial charge in [0.15, 0.2) is 0 Å². The fourth-order valence-electron chi connectivity index (χ4n) is 1.44. The van der Waals surface area contributed by atoms with E-state index in [0.717, 1.165) is 0 Å². The van der Waals surface area contributed by atoms with Crippen LogP contribution in [-0.2, 0) is 29.3 Å². The van der Waals surface area contributed by atoms with Crippen LogP contribution < -0.4 is 21.4 Å². The summed E-state index contributed by atoms with van der Waals surface area (Å²) in [5.74, 6) is -1.24. The summed E-state index contributed by atoms with van der Waals surface area (Å²) in [4.78, 5) is 11.9. The minimum atomic E-state index is -4.17. The van der Waals surface area contributed by atoms with Crippen molar-refractivity contribution in [3.63, 3.8) is 0 Å². The van der Waals surface area contributed by atoms with E-state index in [1.165, 1.54) is 7.11 Å². The van der Waals surface area contributed by atoms with Crippen LogP contribution in [0, 0.1) is 0 Å². The van der Waals surface area contributed by atoms with Gasteiger partial charge in [-0.05, 0) is 0 Å². The molecule has 162 valence electrons. The topological polar surface area (TPSA) is 214 Å².